The lowest BCUT2D eigenvalue weighted by molar-refractivity contribution is -0.119. The molecule has 0 saturated carbocycles. The molecule has 2 heterocycles. The molecule has 0 bridgehead atoms. The summed E-state index contributed by atoms with van der Waals surface area (Å²) in [5.74, 6) is -2.60. The molecule has 2 aromatic rings. The molecule has 0 aliphatic carbocycles. The fraction of sp³-hybridized carbons (Fsp3) is 0.294. The molecule has 2 rings (SSSR count). The third kappa shape index (κ3) is 4.52. The minimum atomic E-state index is -0.708. The van der Waals surface area contributed by atoms with Crippen LogP contribution in [-0.2, 0) is 19.0 Å². The summed E-state index contributed by atoms with van der Waals surface area (Å²) < 4.78 is 14.4. The van der Waals surface area contributed by atoms with Crippen molar-refractivity contribution in [2.24, 2.45) is 0 Å². The van der Waals surface area contributed by atoms with Gasteiger partial charge in [-0.05, 0) is 36.4 Å². The van der Waals surface area contributed by atoms with Crippen molar-refractivity contribution in [2.45, 2.75) is 13.8 Å². The SMILES string of the molecule is COC(=O)c1sc(NC(=O)COC(=O)c2sccc2C)c(C(=O)OC)c1C. The van der Waals surface area contributed by atoms with Crippen molar-refractivity contribution in [3.8, 4) is 0 Å². The highest BCUT2D eigenvalue weighted by Gasteiger charge is 2.27. The lowest BCUT2D eigenvalue weighted by Crippen LogP contribution is -2.21. The van der Waals surface area contributed by atoms with E-state index in [1.54, 1.807) is 25.3 Å². The van der Waals surface area contributed by atoms with Gasteiger partial charge in [-0.25, -0.2) is 14.4 Å². The second kappa shape index (κ2) is 8.78. The van der Waals surface area contributed by atoms with E-state index in [9.17, 15) is 19.2 Å². The zero-order valence-electron chi connectivity index (χ0n) is 15.0. The Kier molecular flexibility index (Phi) is 6.70. The number of carbonyl (C=O) groups excluding carboxylic acids is 4. The summed E-state index contributed by atoms with van der Waals surface area (Å²) in [4.78, 5) is 48.5. The van der Waals surface area contributed by atoms with Gasteiger partial charge in [0, 0.05) is 0 Å². The molecule has 8 nitrogen and oxygen atoms in total. The summed E-state index contributed by atoms with van der Waals surface area (Å²) in [6.07, 6.45) is 0. The van der Waals surface area contributed by atoms with E-state index in [1.165, 1.54) is 25.6 Å². The van der Waals surface area contributed by atoms with Crippen LogP contribution >= 0.6 is 22.7 Å². The topological polar surface area (TPSA) is 108 Å². The molecule has 144 valence electrons. The number of hydrogen-bond donors (Lipinski definition) is 1. The molecule has 0 fully saturated rings. The van der Waals surface area contributed by atoms with E-state index < -0.39 is 30.4 Å². The average Bonchev–Trinajstić information content (AvgIpc) is 3.21. The van der Waals surface area contributed by atoms with Crippen LogP contribution in [0, 0.1) is 13.8 Å². The Morgan fingerprint density at radius 3 is 2.22 bits per heavy atom. The summed E-state index contributed by atoms with van der Waals surface area (Å²) in [5, 5.41) is 4.34. The van der Waals surface area contributed by atoms with E-state index in [2.05, 4.69) is 10.1 Å². The Morgan fingerprint density at radius 2 is 1.67 bits per heavy atom. The Morgan fingerprint density at radius 1 is 1.00 bits per heavy atom. The Labute approximate surface area is 163 Å². The van der Waals surface area contributed by atoms with E-state index in [0.717, 1.165) is 16.9 Å². The maximum absolute atomic E-state index is 12.1. The van der Waals surface area contributed by atoms with E-state index in [-0.39, 0.29) is 15.4 Å². The first kappa shape index (κ1) is 20.6. The van der Waals surface area contributed by atoms with Gasteiger partial charge in [-0.1, -0.05) is 0 Å². The summed E-state index contributed by atoms with van der Waals surface area (Å²) in [6.45, 7) is 2.77. The van der Waals surface area contributed by atoms with Crippen molar-refractivity contribution in [3.63, 3.8) is 0 Å². The van der Waals surface area contributed by atoms with Crippen molar-refractivity contribution in [1.29, 1.82) is 0 Å². The second-order valence-corrected chi connectivity index (χ2v) is 7.24. The van der Waals surface area contributed by atoms with Crippen LogP contribution in [-0.4, -0.2) is 44.6 Å². The van der Waals surface area contributed by atoms with E-state index in [4.69, 9.17) is 9.47 Å². The van der Waals surface area contributed by atoms with Crippen LogP contribution in [0.3, 0.4) is 0 Å². The summed E-state index contributed by atoms with van der Waals surface area (Å²) in [5.41, 5.74) is 1.15. The van der Waals surface area contributed by atoms with Gasteiger partial charge in [-0.15, -0.1) is 22.7 Å². The zero-order chi connectivity index (χ0) is 20.1. The smallest absolute Gasteiger partial charge is 0.349 e. The third-order valence-corrected chi connectivity index (χ3v) is 5.73. The summed E-state index contributed by atoms with van der Waals surface area (Å²) in [7, 11) is 2.40. The van der Waals surface area contributed by atoms with Gasteiger partial charge in [0.15, 0.2) is 6.61 Å². The lowest BCUT2D eigenvalue weighted by Gasteiger charge is -2.07. The molecule has 0 spiro atoms. The Bertz CT molecular complexity index is 897. The first-order chi connectivity index (χ1) is 12.8. The number of anilines is 1. The highest BCUT2D eigenvalue weighted by molar-refractivity contribution is 7.18. The van der Waals surface area contributed by atoms with Crippen LogP contribution in [0.25, 0.3) is 0 Å². The van der Waals surface area contributed by atoms with Crippen LogP contribution in [0.2, 0.25) is 0 Å². The second-order valence-electron chi connectivity index (χ2n) is 5.30. The molecule has 0 aliphatic rings. The molecule has 0 aromatic carbocycles. The molecule has 0 saturated heterocycles. The van der Waals surface area contributed by atoms with E-state index >= 15 is 0 Å². The van der Waals surface area contributed by atoms with E-state index in [1.807, 2.05) is 0 Å². The van der Waals surface area contributed by atoms with Gasteiger partial charge in [0.05, 0.1) is 19.8 Å². The predicted octanol–water partition coefficient (Wildman–Crippen LogP) is 2.80. The molecular weight excluding hydrogens is 394 g/mol. The van der Waals surface area contributed by atoms with Crippen LogP contribution in [0.4, 0.5) is 5.00 Å². The van der Waals surface area contributed by atoms with Gasteiger partial charge in [0.25, 0.3) is 5.91 Å². The Balaban J connectivity index is 2.14. The molecule has 0 atom stereocenters. The average molecular weight is 411 g/mol. The number of rotatable bonds is 6. The maximum atomic E-state index is 12.1. The molecule has 27 heavy (non-hydrogen) atoms. The number of amides is 1. The van der Waals surface area contributed by atoms with Crippen LogP contribution < -0.4 is 5.32 Å². The molecule has 1 N–H and O–H groups in total. The van der Waals surface area contributed by atoms with Crippen molar-refractivity contribution in [2.75, 3.05) is 26.1 Å². The molecule has 0 unspecified atom stereocenters. The zero-order valence-corrected chi connectivity index (χ0v) is 16.7. The Hall–Kier alpha value is -2.72. The number of carbonyl (C=O) groups is 4. The maximum Gasteiger partial charge on any atom is 0.349 e. The van der Waals surface area contributed by atoms with Gasteiger partial charge in [0.1, 0.15) is 14.8 Å². The standard InChI is InChI=1S/C17H17NO7S2/c1-8-5-6-26-12(8)17(22)25-7-10(19)18-14-11(15(20)23-3)9(2)13(27-14)16(21)24-4/h5-6H,7H2,1-4H3,(H,18,19). The highest BCUT2D eigenvalue weighted by atomic mass is 32.1. The molecule has 0 aliphatic heterocycles. The predicted molar refractivity (Wildman–Crippen MR) is 99.7 cm³/mol. The van der Waals surface area contributed by atoms with Crippen molar-refractivity contribution < 1.29 is 33.4 Å². The number of methoxy groups -OCH3 is 2. The first-order valence-electron chi connectivity index (χ1n) is 7.61. The van der Waals surface area contributed by atoms with Crippen molar-refractivity contribution in [3.05, 3.63) is 37.9 Å². The van der Waals surface area contributed by atoms with E-state index in [0.29, 0.717) is 10.4 Å². The number of ether oxygens (including phenoxy) is 3. The van der Waals surface area contributed by atoms with Crippen LogP contribution in [0.1, 0.15) is 40.8 Å². The third-order valence-electron chi connectivity index (χ3n) is 3.54. The molecule has 2 aromatic heterocycles. The minimum Gasteiger partial charge on any atom is -0.465 e. The number of thiophene rings is 2. The van der Waals surface area contributed by atoms with Crippen molar-refractivity contribution in [1.82, 2.24) is 0 Å². The van der Waals surface area contributed by atoms with Gasteiger partial charge in [-0.3, -0.25) is 4.79 Å². The van der Waals surface area contributed by atoms with Crippen LogP contribution in [0.15, 0.2) is 11.4 Å². The fourth-order valence-corrected chi connectivity index (χ4v) is 4.12. The van der Waals surface area contributed by atoms with Gasteiger partial charge >= 0.3 is 17.9 Å². The molecule has 10 heteroatoms. The molecule has 1 amide bonds. The van der Waals surface area contributed by atoms with Crippen molar-refractivity contribution >= 4 is 51.5 Å². The monoisotopic (exact) mass is 411 g/mol. The molecule has 0 radical (unpaired) electrons. The van der Waals surface area contributed by atoms with Gasteiger partial charge < -0.3 is 19.5 Å². The quantitative estimate of drug-likeness (QED) is 0.575. The fourth-order valence-electron chi connectivity index (χ4n) is 2.18. The lowest BCUT2D eigenvalue weighted by atomic mass is 10.1. The van der Waals surface area contributed by atoms with Gasteiger partial charge in [-0.2, -0.15) is 0 Å². The number of hydrogen-bond acceptors (Lipinski definition) is 9. The highest BCUT2D eigenvalue weighted by Crippen LogP contribution is 2.34. The van der Waals surface area contributed by atoms with Gasteiger partial charge in [0.2, 0.25) is 0 Å². The summed E-state index contributed by atoms with van der Waals surface area (Å²) >= 11 is 2.10. The number of aryl methyl sites for hydroxylation is 1. The first-order valence-corrected chi connectivity index (χ1v) is 9.30. The largest absolute Gasteiger partial charge is 0.465 e. The summed E-state index contributed by atoms with van der Waals surface area (Å²) in [6, 6.07) is 1.77. The number of nitrogens with one attached hydrogen (secondary N) is 1. The number of esters is 3. The normalized spacial score (nSPS) is 10.2. The molecular formula is C17H17NO7S2. The minimum absolute atomic E-state index is 0.0525. The van der Waals surface area contributed by atoms with Crippen LogP contribution in [0.5, 0.6) is 0 Å².